The van der Waals surface area contributed by atoms with Gasteiger partial charge in [-0.05, 0) is 43.4 Å². The molecule has 2 N–H and O–H groups in total. The first kappa shape index (κ1) is 12.4. The fourth-order valence-electron chi connectivity index (χ4n) is 2.53. The maximum absolute atomic E-state index is 13.0. The Kier molecular flexibility index (Phi) is 3.67. The third kappa shape index (κ3) is 2.97. The molecule has 1 aliphatic rings. The van der Waals surface area contributed by atoms with Crippen molar-refractivity contribution in [3.05, 3.63) is 29.6 Å². The average Bonchev–Trinajstić information content (AvgIpc) is 2.27. The van der Waals surface area contributed by atoms with Crippen molar-refractivity contribution < 1.29 is 4.39 Å². The zero-order valence-electron chi connectivity index (χ0n) is 10.6. The second-order valence-electron chi connectivity index (χ2n) is 5.30. The van der Waals surface area contributed by atoms with Crippen molar-refractivity contribution in [3.63, 3.8) is 0 Å². The minimum atomic E-state index is -0.258. The van der Waals surface area contributed by atoms with Crippen LogP contribution in [0.5, 0.6) is 0 Å². The third-order valence-corrected chi connectivity index (χ3v) is 3.73. The molecule has 0 aliphatic carbocycles. The van der Waals surface area contributed by atoms with Gasteiger partial charge in [-0.25, -0.2) is 4.39 Å². The second-order valence-corrected chi connectivity index (χ2v) is 5.30. The Morgan fingerprint density at radius 2 is 2.12 bits per heavy atom. The fourth-order valence-corrected chi connectivity index (χ4v) is 2.53. The summed E-state index contributed by atoms with van der Waals surface area (Å²) in [5, 5.41) is 0. The van der Waals surface area contributed by atoms with E-state index in [1.807, 2.05) is 0 Å². The molecule has 0 bridgehead atoms. The molecule has 1 fully saturated rings. The summed E-state index contributed by atoms with van der Waals surface area (Å²) in [5.74, 6) is 0.485. The van der Waals surface area contributed by atoms with Gasteiger partial charge < -0.3 is 5.73 Å². The quantitative estimate of drug-likeness (QED) is 0.800. The van der Waals surface area contributed by atoms with E-state index in [1.54, 1.807) is 6.07 Å². The molecule has 1 heterocycles. The number of hydrogen-bond acceptors (Lipinski definition) is 2. The van der Waals surface area contributed by atoms with Gasteiger partial charge in [-0.1, -0.05) is 13.0 Å². The number of likely N-dealkylation sites (tertiary alicyclic amines) is 1. The topological polar surface area (TPSA) is 29.3 Å². The van der Waals surface area contributed by atoms with Gasteiger partial charge in [-0.3, -0.25) is 4.90 Å². The maximum atomic E-state index is 13.0. The summed E-state index contributed by atoms with van der Waals surface area (Å²) in [6.45, 7) is 6.48. The minimum absolute atomic E-state index is 0.258. The molecule has 1 aromatic rings. The predicted molar refractivity (Wildman–Crippen MR) is 69.1 cm³/mol. The van der Waals surface area contributed by atoms with Gasteiger partial charge in [0, 0.05) is 24.8 Å². The normalized spacial score (nSPS) is 26.1. The summed E-state index contributed by atoms with van der Waals surface area (Å²) in [6.07, 6.45) is 2.54. The SMILES string of the molecule is CC1CCC(C)N(Cc2ccc(F)cc2N)C1. The lowest BCUT2D eigenvalue weighted by atomic mass is 9.94. The molecule has 1 aliphatic heterocycles. The van der Waals surface area contributed by atoms with Crippen LogP contribution in [0, 0.1) is 11.7 Å². The van der Waals surface area contributed by atoms with Gasteiger partial charge in [0.15, 0.2) is 0 Å². The Balaban J connectivity index is 2.08. The van der Waals surface area contributed by atoms with Crippen LogP contribution in [0.3, 0.4) is 0 Å². The van der Waals surface area contributed by atoms with Gasteiger partial charge in [0.2, 0.25) is 0 Å². The van der Waals surface area contributed by atoms with Crippen molar-refractivity contribution in [1.82, 2.24) is 4.90 Å². The number of anilines is 1. The highest BCUT2D eigenvalue weighted by Gasteiger charge is 2.23. The predicted octanol–water partition coefficient (Wildman–Crippen LogP) is 3.03. The molecule has 17 heavy (non-hydrogen) atoms. The van der Waals surface area contributed by atoms with Gasteiger partial charge in [0.1, 0.15) is 5.82 Å². The summed E-state index contributed by atoms with van der Waals surface area (Å²) in [6, 6.07) is 5.30. The highest BCUT2D eigenvalue weighted by Crippen LogP contribution is 2.25. The standard InChI is InChI=1S/C14H21FN2/c1-10-3-4-11(2)17(8-10)9-12-5-6-13(15)7-14(12)16/h5-7,10-11H,3-4,8-9,16H2,1-2H3. The lowest BCUT2D eigenvalue weighted by molar-refractivity contribution is 0.117. The number of halogens is 1. The van der Waals surface area contributed by atoms with E-state index in [0.717, 1.165) is 24.6 Å². The minimum Gasteiger partial charge on any atom is -0.398 e. The molecule has 2 atom stereocenters. The van der Waals surface area contributed by atoms with Crippen LogP contribution in [0.15, 0.2) is 18.2 Å². The molecule has 2 nitrogen and oxygen atoms in total. The van der Waals surface area contributed by atoms with Crippen molar-refractivity contribution in [2.24, 2.45) is 5.92 Å². The molecule has 94 valence electrons. The summed E-state index contributed by atoms with van der Waals surface area (Å²) in [5.41, 5.74) is 7.45. The van der Waals surface area contributed by atoms with E-state index < -0.39 is 0 Å². The number of nitrogens with two attached hydrogens (primary N) is 1. The Bertz CT molecular complexity index is 392. The van der Waals surface area contributed by atoms with Crippen LogP contribution < -0.4 is 5.73 Å². The molecule has 0 radical (unpaired) electrons. The number of nitrogen functional groups attached to an aromatic ring is 1. The van der Waals surface area contributed by atoms with E-state index in [2.05, 4.69) is 18.7 Å². The van der Waals surface area contributed by atoms with Gasteiger partial charge in [-0.2, -0.15) is 0 Å². The van der Waals surface area contributed by atoms with Crippen molar-refractivity contribution in [3.8, 4) is 0 Å². The first-order valence-electron chi connectivity index (χ1n) is 6.34. The van der Waals surface area contributed by atoms with E-state index in [0.29, 0.717) is 11.7 Å². The molecule has 3 heteroatoms. The number of rotatable bonds is 2. The number of nitrogens with zero attached hydrogens (tertiary/aromatic N) is 1. The Morgan fingerprint density at radius 1 is 1.35 bits per heavy atom. The Hall–Kier alpha value is -1.09. The van der Waals surface area contributed by atoms with Gasteiger partial charge in [0.05, 0.1) is 0 Å². The highest BCUT2D eigenvalue weighted by atomic mass is 19.1. The van der Waals surface area contributed by atoms with Crippen molar-refractivity contribution >= 4 is 5.69 Å². The number of piperidine rings is 1. The lowest BCUT2D eigenvalue weighted by Gasteiger charge is -2.37. The van der Waals surface area contributed by atoms with E-state index in [1.165, 1.54) is 25.0 Å². The summed E-state index contributed by atoms with van der Waals surface area (Å²) in [7, 11) is 0. The van der Waals surface area contributed by atoms with E-state index >= 15 is 0 Å². The highest BCUT2D eigenvalue weighted by molar-refractivity contribution is 5.46. The van der Waals surface area contributed by atoms with Crippen LogP contribution >= 0.6 is 0 Å². The Labute approximate surface area is 103 Å². The van der Waals surface area contributed by atoms with Crippen molar-refractivity contribution in [2.45, 2.75) is 39.3 Å². The largest absolute Gasteiger partial charge is 0.398 e. The van der Waals surface area contributed by atoms with E-state index in [9.17, 15) is 4.39 Å². The molecule has 2 unspecified atom stereocenters. The zero-order valence-corrected chi connectivity index (χ0v) is 10.6. The van der Waals surface area contributed by atoms with Gasteiger partial charge in [-0.15, -0.1) is 0 Å². The lowest BCUT2D eigenvalue weighted by Crippen LogP contribution is -2.40. The molecule has 0 amide bonds. The average molecular weight is 236 g/mol. The Morgan fingerprint density at radius 3 is 2.82 bits per heavy atom. The molecular weight excluding hydrogens is 215 g/mol. The van der Waals surface area contributed by atoms with Gasteiger partial charge >= 0.3 is 0 Å². The first-order chi connectivity index (χ1) is 8.06. The van der Waals surface area contributed by atoms with Crippen LogP contribution in [-0.4, -0.2) is 17.5 Å². The van der Waals surface area contributed by atoms with E-state index in [4.69, 9.17) is 5.73 Å². The van der Waals surface area contributed by atoms with Crippen LogP contribution in [0.2, 0.25) is 0 Å². The van der Waals surface area contributed by atoms with Crippen molar-refractivity contribution in [2.75, 3.05) is 12.3 Å². The summed E-state index contributed by atoms with van der Waals surface area (Å²) in [4.78, 5) is 2.44. The molecule has 2 rings (SSSR count). The molecule has 1 saturated heterocycles. The summed E-state index contributed by atoms with van der Waals surface area (Å²) < 4.78 is 13.0. The van der Waals surface area contributed by atoms with Gasteiger partial charge in [0.25, 0.3) is 0 Å². The van der Waals surface area contributed by atoms with E-state index in [-0.39, 0.29) is 5.82 Å². The van der Waals surface area contributed by atoms with Crippen LogP contribution in [-0.2, 0) is 6.54 Å². The summed E-state index contributed by atoms with van der Waals surface area (Å²) >= 11 is 0. The van der Waals surface area contributed by atoms with Crippen LogP contribution in [0.1, 0.15) is 32.3 Å². The first-order valence-corrected chi connectivity index (χ1v) is 6.34. The zero-order chi connectivity index (χ0) is 12.4. The number of hydrogen-bond donors (Lipinski definition) is 1. The molecule has 0 saturated carbocycles. The third-order valence-electron chi connectivity index (χ3n) is 3.73. The molecule has 0 spiro atoms. The smallest absolute Gasteiger partial charge is 0.125 e. The fraction of sp³-hybridized carbons (Fsp3) is 0.571. The second kappa shape index (κ2) is 5.05. The molecule has 1 aromatic carbocycles. The molecule has 0 aromatic heterocycles. The molecular formula is C14H21FN2. The maximum Gasteiger partial charge on any atom is 0.125 e. The monoisotopic (exact) mass is 236 g/mol. The number of benzene rings is 1. The van der Waals surface area contributed by atoms with Crippen LogP contribution in [0.25, 0.3) is 0 Å². The van der Waals surface area contributed by atoms with Crippen LogP contribution in [0.4, 0.5) is 10.1 Å². The van der Waals surface area contributed by atoms with Crippen molar-refractivity contribution in [1.29, 1.82) is 0 Å².